The number of pyridine rings is 1. The summed E-state index contributed by atoms with van der Waals surface area (Å²) in [6.07, 6.45) is 3.91. The van der Waals surface area contributed by atoms with Crippen LogP contribution >= 0.6 is 11.6 Å². The van der Waals surface area contributed by atoms with Gasteiger partial charge < -0.3 is 19.5 Å². The van der Waals surface area contributed by atoms with Crippen molar-refractivity contribution in [2.24, 2.45) is 5.92 Å². The first-order valence-corrected chi connectivity index (χ1v) is 13.1. The number of aryl methyl sites for hydroxylation is 1. The van der Waals surface area contributed by atoms with Crippen molar-refractivity contribution in [2.75, 3.05) is 25.3 Å². The third-order valence-electron chi connectivity index (χ3n) is 7.65. The number of aromatic nitrogens is 3. The Morgan fingerprint density at radius 3 is 2.79 bits per heavy atom. The molecule has 198 valence electrons. The number of hydrogen-bond acceptors (Lipinski definition) is 7. The average molecular weight is 541 g/mol. The van der Waals surface area contributed by atoms with E-state index >= 15 is 4.39 Å². The van der Waals surface area contributed by atoms with E-state index in [9.17, 15) is 9.50 Å². The van der Waals surface area contributed by atoms with E-state index in [1.165, 1.54) is 13.2 Å². The molecule has 2 aromatic heterocycles. The minimum absolute atomic E-state index is 0.000702. The molecular weight excluding hydrogens is 514 g/mol. The van der Waals surface area contributed by atoms with Gasteiger partial charge in [0.2, 0.25) is 5.28 Å². The monoisotopic (exact) mass is 540 g/mol. The summed E-state index contributed by atoms with van der Waals surface area (Å²) in [4.78, 5) is 15.3. The summed E-state index contributed by atoms with van der Waals surface area (Å²) in [5.74, 6) is 0.249. The normalized spacial score (nSPS) is 21.0. The highest BCUT2D eigenvalue weighted by Gasteiger charge is 2.40. The molecular formula is C28H27ClF2N4O3. The van der Waals surface area contributed by atoms with Crippen molar-refractivity contribution in [2.45, 2.75) is 44.8 Å². The number of rotatable bonds is 6. The van der Waals surface area contributed by atoms with Crippen molar-refractivity contribution in [3.05, 3.63) is 52.9 Å². The highest BCUT2D eigenvalue weighted by molar-refractivity contribution is 6.28. The van der Waals surface area contributed by atoms with E-state index in [4.69, 9.17) is 21.1 Å². The Labute approximate surface area is 223 Å². The Kier molecular flexibility index (Phi) is 6.53. The molecule has 3 unspecified atom stereocenters. The molecule has 38 heavy (non-hydrogen) atoms. The topological polar surface area (TPSA) is 80.6 Å². The molecule has 2 aliphatic rings. The molecule has 3 atom stereocenters. The molecule has 3 heterocycles. The van der Waals surface area contributed by atoms with Crippen LogP contribution in [-0.2, 0) is 11.2 Å². The predicted octanol–water partition coefficient (Wildman–Crippen LogP) is 5.67. The first kappa shape index (κ1) is 25.2. The second-order valence-electron chi connectivity index (χ2n) is 10.0. The van der Waals surface area contributed by atoms with Crippen LogP contribution in [0.25, 0.3) is 32.9 Å². The zero-order chi connectivity index (χ0) is 26.6. The van der Waals surface area contributed by atoms with Crippen molar-refractivity contribution in [1.29, 1.82) is 0 Å². The van der Waals surface area contributed by atoms with Gasteiger partial charge in [-0.3, -0.25) is 4.98 Å². The highest BCUT2D eigenvalue weighted by atomic mass is 35.5. The Morgan fingerprint density at radius 2 is 2.00 bits per heavy atom. The Bertz CT molecular complexity index is 1550. The lowest BCUT2D eigenvalue weighted by molar-refractivity contribution is 0.0512. The second-order valence-corrected chi connectivity index (χ2v) is 10.4. The zero-order valence-electron chi connectivity index (χ0n) is 21.0. The van der Waals surface area contributed by atoms with Crippen LogP contribution in [0, 0.1) is 17.6 Å². The molecule has 2 aromatic carbocycles. The molecule has 2 fully saturated rings. The molecule has 4 aromatic rings. The number of methoxy groups -OCH3 is 1. The maximum Gasteiger partial charge on any atom is 0.225 e. The van der Waals surface area contributed by atoms with Gasteiger partial charge >= 0.3 is 0 Å². The fourth-order valence-electron chi connectivity index (χ4n) is 6.12. The molecule has 1 aliphatic heterocycles. The fourth-order valence-corrected chi connectivity index (χ4v) is 6.28. The lowest BCUT2D eigenvalue weighted by Crippen LogP contribution is -2.32. The van der Waals surface area contributed by atoms with E-state index in [-0.39, 0.29) is 41.3 Å². The number of aliphatic hydroxyl groups excluding tert-OH is 1. The van der Waals surface area contributed by atoms with Crippen LogP contribution in [0.5, 0.6) is 5.75 Å². The molecule has 1 saturated heterocycles. The standard InChI is InChI=1S/C28H27ClF2N4O3/c1-3-19-22(30)5-4-15-8-18(38-13-37-2)10-20(23(15)19)25-24(31)26-21(11-32-25)27(34-28(29)33-26)35-12-14-6-16(35)9-17(36)7-14/h4-5,8,10-11,14,16-17,36H,3,6-7,9,12-13H2,1-2H3. The number of hydrogen-bond donors (Lipinski definition) is 1. The summed E-state index contributed by atoms with van der Waals surface area (Å²) in [5.41, 5.74) is 0.905. The second kappa shape index (κ2) is 9.87. The summed E-state index contributed by atoms with van der Waals surface area (Å²) in [6, 6.07) is 6.55. The van der Waals surface area contributed by atoms with E-state index in [0.29, 0.717) is 64.2 Å². The molecule has 2 bridgehead atoms. The molecule has 7 nitrogen and oxygen atoms in total. The van der Waals surface area contributed by atoms with Gasteiger partial charge in [0.25, 0.3) is 0 Å². The lowest BCUT2D eigenvalue weighted by Gasteiger charge is -2.28. The molecule has 1 saturated carbocycles. The summed E-state index contributed by atoms with van der Waals surface area (Å²) < 4.78 is 41.9. The van der Waals surface area contributed by atoms with Gasteiger partial charge in [-0.2, -0.15) is 4.98 Å². The number of anilines is 1. The van der Waals surface area contributed by atoms with E-state index in [2.05, 4.69) is 19.9 Å². The van der Waals surface area contributed by atoms with E-state index in [0.717, 1.165) is 12.8 Å². The quantitative estimate of drug-likeness (QED) is 0.249. The predicted molar refractivity (Wildman–Crippen MR) is 142 cm³/mol. The van der Waals surface area contributed by atoms with Crippen molar-refractivity contribution >= 4 is 39.1 Å². The van der Waals surface area contributed by atoms with Crippen molar-refractivity contribution < 1.29 is 23.4 Å². The van der Waals surface area contributed by atoms with Gasteiger partial charge in [-0.25, -0.2) is 13.8 Å². The third-order valence-corrected chi connectivity index (χ3v) is 7.82. The maximum atomic E-state index is 16.4. The summed E-state index contributed by atoms with van der Waals surface area (Å²) in [6.45, 7) is 2.55. The zero-order valence-corrected chi connectivity index (χ0v) is 21.8. The van der Waals surface area contributed by atoms with Gasteiger partial charge in [-0.1, -0.05) is 13.0 Å². The van der Waals surface area contributed by atoms with E-state index in [1.54, 1.807) is 24.4 Å². The number of halogens is 3. The summed E-state index contributed by atoms with van der Waals surface area (Å²) in [7, 11) is 1.51. The summed E-state index contributed by atoms with van der Waals surface area (Å²) in [5, 5.41) is 11.9. The smallest absolute Gasteiger partial charge is 0.225 e. The van der Waals surface area contributed by atoms with Crippen LogP contribution in [0.15, 0.2) is 30.5 Å². The van der Waals surface area contributed by atoms with Gasteiger partial charge in [0, 0.05) is 31.5 Å². The van der Waals surface area contributed by atoms with Gasteiger partial charge in [-0.15, -0.1) is 0 Å². The van der Waals surface area contributed by atoms with Crippen LogP contribution in [0.1, 0.15) is 31.7 Å². The molecule has 0 radical (unpaired) electrons. The Balaban J connectivity index is 1.56. The van der Waals surface area contributed by atoms with Crippen LogP contribution in [0.2, 0.25) is 5.28 Å². The van der Waals surface area contributed by atoms with Gasteiger partial charge in [0.1, 0.15) is 28.6 Å². The minimum Gasteiger partial charge on any atom is -0.468 e. The first-order chi connectivity index (χ1) is 18.4. The van der Waals surface area contributed by atoms with Gasteiger partial charge in [0.15, 0.2) is 12.6 Å². The lowest BCUT2D eigenvalue weighted by atomic mass is 9.88. The van der Waals surface area contributed by atoms with Crippen molar-refractivity contribution in [3.8, 4) is 17.0 Å². The van der Waals surface area contributed by atoms with E-state index in [1.807, 2.05) is 6.92 Å². The molecule has 0 amide bonds. The van der Waals surface area contributed by atoms with Crippen LogP contribution in [-0.4, -0.2) is 52.7 Å². The fraction of sp³-hybridized carbons (Fsp3) is 0.393. The van der Waals surface area contributed by atoms with Crippen LogP contribution < -0.4 is 9.64 Å². The van der Waals surface area contributed by atoms with Crippen molar-refractivity contribution in [1.82, 2.24) is 15.0 Å². The highest BCUT2D eigenvalue weighted by Crippen LogP contribution is 2.42. The average Bonchev–Trinajstić information content (AvgIpc) is 3.20. The van der Waals surface area contributed by atoms with Crippen LogP contribution in [0.4, 0.5) is 14.6 Å². The minimum atomic E-state index is -0.674. The Morgan fingerprint density at radius 1 is 1.16 bits per heavy atom. The van der Waals surface area contributed by atoms with E-state index < -0.39 is 5.82 Å². The van der Waals surface area contributed by atoms with Gasteiger partial charge in [0.05, 0.1) is 11.5 Å². The first-order valence-electron chi connectivity index (χ1n) is 12.7. The molecule has 10 heteroatoms. The largest absolute Gasteiger partial charge is 0.468 e. The molecule has 0 spiro atoms. The maximum absolute atomic E-state index is 16.4. The molecule has 6 rings (SSSR count). The number of fused-ring (bicyclic) bond motifs is 4. The van der Waals surface area contributed by atoms with Gasteiger partial charge in [-0.05, 0) is 77.7 Å². The molecule has 1 N–H and O–H groups in total. The molecule has 1 aliphatic carbocycles. The van der Waals surface area contributed by atoms with Crippen LogP contribution in [0.3, 0.4) is 0 Å². The van der Waals surface area contributed by atoms with Crippen molar-refractivity contribution in [3.63, 3.8) is 0 Å². The Hall–Kier alpha value is -3.14. The number of benzene rings is 2. The number of aliphatic hydroxyl groups is 1. The number of nitrogens with zero attached hydrogens (tertiary/aromatic N) is 4. The summed E-state index contributed by atoms with van der Waals surface area (Å²) >= 11 is 6.32. The SMILES string of the molecule is CCc1c(F)ccc2cc(OCOC)cc(-c3ncc4c(N5CC6CC(O)CC5C6)nc(Cl)nc4c3F)c12. The number of ether oxygens (including phenoxy) is 2. The third kappa shape index (κ3) is 4.22.